The number of carbonyl (C=O) groups excluding carboxylic acids is 1. The molecule has 0 fully saturated rings. The summed E-state index contributed by atoms with van der Waals surface area (Å²) in [5, 5.41) is 9.82. The Bertz CT molecular complexity index is 544. The van der Waals surface area contributed by atoms with Crippen LogP contribution in [0.4, 0.5) is 0 Å². The second-order valence-electron chi connectivity index (χ2n) is 5.41. The molecule has 1 rings (SSSR count). The number of hydrogen-bond donors (Lipinski definition) is 3. The number of hydrogen-bond acceptors (Lipinski definition) is 4. The molecule has 1 aromatic rings. The normalized spacial score (nSPS) is 10.9. The minimum absolute atomic E-state index is 0. The molecule has 7 nitrogen and oxygen atoms in total. The highest BCUT2D eigenvalue weighted by atomic mass is 127. The molecule has 0 radical (unpaired) electrons. The number of aliphatic imine (C=N–C) groups is 1. The van der Waals surface area contributed by atoms with E-state index >= 15 is 0 Å². The van der Waals surface area contributed by atoms with Gasteiger partial charge in [0, 0.05) is 50.5 Å². The highest BCUT2D eigenvalue weighted by Crippen LogP contribution is 2.09. The molecule has 9 heteroatoms. The molecule has 0 aliphatic heterocycles. The van der Waals surface area contributed by atoms with E-state index in [9.17, 15) is 4.79 Å². The smallest absolute Gasteiger partial charge is 0.251 e. The van der Waals surface area contributed by atoms with Crippen molar-refractivity contribution < 1.29 is 14.3 Å². The van der Waals surface area contributed by atoms with E-state index < -0.39 is 0 Å². The lowest BCUT2D eigenvalue weighted by Crippen LogP contribution is -2.41. The molecule has 0 unspecified atom stereocenters. The van der Waals surface area contributed by atoms with E-state index in [1.54, 1.807) is 31.4 Å². The van der Waals surface area contributed by atoms with Gasteiger partial charge < -0.3 is 25.4 Å². The topological polar surface area (TPSA) is 84.0 Å². The highest BCUT2D eigenvalue weighted by Gasteiger charge is 2.04. The maximum absolute atomic E-state index is 12.0. The first-order chi connectivity index (χ1) is 12.7. The molecule has 0 bridgehead atoms. The summed E-state index contributed by atoms with van der Waals surface area (Å²) < 4.78 is 10.3. The van der Waals surface area contributed by atoms with Crippen LogP contribution in [0.5, 0.6) is 0 Å². The van der Waals surface area contributed by atoms with Gasteiger partial charge >= 0.3 is 0 Å². The Balaban J connectivity index is 0.00000676. The van der Waals surface area contributed by atoms with Gasteiger partial charge in [0.1, 0.15) is 0 Å². The lowest BCUT2D eigenvalue weighted by molar-refractivity contribution is 0.0702. The molecule has 0 aliphatic carbocycles. The van der Waals surface area contributed by atoms with Crippen LogP contribution in [0.25, 0.3) is 0 Å². The van der Waals surface area contributed by atoms with E-state index in [4.69, 9.17) is 21.1 Å². The van der Waals surface area contributed by atoms with Crippen molar-refractivity contribution in [2.24, 2.45) is 4.99 Å². The van der Waals surface area contributed by atoms with Crippen molar-refractivity contribution in [2.45, 2.75) is 13.3 Å². The molecule has 0 aliphatic rings. The fourth-order valence-electron chi connectivity index (χ4n) is 2.00. The second kappa shape index (κ2) is 17.0. The first-order valence-corrected chi connectivity index (χ1v) is 9.17. The summed E-state index contributed by atoms with van der Waals surface area (Å²) in [6, 6.07) is 6.80. The molecule has 27 heavy (non-hydrogen) atoms. The predicted octanol–water partition coefficient (Wildman–Crippen LogP) is 2.30. The highest BCUT2D eigenvalue weighted by molar-refractivity contribution is 14.0. The summed E-state index contributed by atoms with van der Waals surface area (Å²) in [4.78, 5) is 16.5. The molecule has 1 amide bonds. The van der Waals surface area contributed by atoms with Crippen LogP contribution in [0, 0.1) is 0 Å². The number of rotatable bonds is 12. The predicted molar refractivity (Wildman–Crippen MR) is 120 cm³/mol. The molecular weight excluding hydrogens is 483 g/mol. The van der Waals surface area contributed by atoms with Crippen LogP contribution in [-0.4, -0.2) is 65.0 Å². The van der Waals surface area contributed by atoms with Gasteiger partial charge in [-0.1, -0.05) is 11.6 Å². The monoisotopic (exact) mass is 512 g/mol. The molecular formula is C18H30ClIN4O3. The average Bonchev–Trinajstić information content (AvgIpc) is 2.64. The van der Waals surface area contributed by atoms with Crippen LogP contribution >= 0.6 is 35.6 Å². The van der Waals surface area contributed by atoms with Crippen molar-refractivity contribution in [1.29, 1.82) is 0 Å². The zero-order valence-electron chi connectivity index (χ0n) is 15.9. The van der Waals surface area contributed by atoms with Crippen LogP contribution < -0.4 is 16.0 Å². The van der Waals surface area contributed by atoms with Gasteiger partial charge in [0.25, 0.3) is 5.91 Å². The first-order valence-electron chi connectivity index (χ1n) is 8.80. The SMILES string of the molecule is CCNC(=NCCCOCCOC)NCCNC(=O)c1ccc(Cl)cc1.I. The Hall–Kier alpha value is -1.10. The van der Waals surface area contributed by atoms with Gasteiger partial charge in [0.05, 0.1) is 13.2 Å². The van der Waals surface area contributed by atoms with Gasteiger partial charge in [0.15, 0.2) is 5.96 Å². The summed E-state index contributed by atoms with van der Waals surface area (Å²) in [6.45, 7) is 6.38. The Kier molecular flexibility index (Phi) is 16.3. The zero-order valence-corrected chi connectivity index (χ0v) is 19.0. The third kappa shape index (κ3) is 12.8. The van der Waals surface area contributed by atoms with Gasteiger partial charge in [-0.25, -0.2) is 0 Å². The number of ether oxygens (including phenoxy) is 2. The maximum Gasteiger partial charge on any atom is 0.251 e. The standard InChI is InChI=1S/C18H29ClN4O3.HI/c1-3-20-18(22-9-4-12-26-14-13-25-2)23-11-10-21-17(24)15-5-7-16(19)8-6-15;/h5-8H,3-4,9-14H2,1-2H3,(H,21,24)(H2,20,22,23);1H. The molecule has 0 saturated heterocycles. The number of amides is 1. The minimum atomic E-state index is -0.126. The van der Waals surface area contributed by atoms with Crippen molar-refractivity contribution in [1.82, 2.24) is 16.0 Å². The van der Waals surface area contributed by atoms with Crippen molar-refractivity contribution in [3.8, 4) is 0 Å². The van der Waals surface area contributed by atoms with Crippen molar-refractivity contribution in [3.63, 3.8) is 0 Å². The van der Waals surface area contributed by atoms with Crippen LogP contribution in [0.2, 0.25) is 5.02 Å². The molecule has 0 heterocycles. The summed E-state index contributed by atoms with van der Waals surface area (Å²) in [7, 11) is 1.65. The molecule has 1 aromatic carbocycles. The lowest BCUT2D eigenvalue weighted by atomic mass is 10.2. The lowest BCUT2D eigenvalue weighted by Gasteiger charge is -2.12. The van der Waals surface area contributed by atoms with Crippen LogP contribution in [0.3, 0.4) is 0 Å². The molecule has 0 aromatic heterocycles. The fourth-order valence-corrected chi connectivity index (χ4v) is 2.13. The van der Waals surface area contributed by atoms with E-state index in [0.717, 1.165) is 18.9 Å². The second-order valence-corrected chi connectivity index (χ2v) is 5.85. The quantitative estimate of drug-likeness (QED) is 0.173. The molecule has 0 atom stereocenters. The summed E-state index contributed by atoms with van der Waals surface area (Å²) >= 11 is 5.82. The number of nitrogens with one attached hydrogen (secondary N) is 3. The number of guanidine groups is 1. The molecule has 0 spiro atoms. The number of nitrogens with zero attached hydrogens (tertiary/aromatic N) is 1. The fraction of sp³-hybridized carbons (Fsp3) is 0.556. The summed E-state index contributed by atoms with van der Waals surface area (Å²) in [5.41, 5.74) is 0.587. The Morgan fingerprint density at radius 3 is 2.44 bits per heavy atom. The number of carbonyl (C=O) groups is 1. The third-order valence-corrected chi connectivity index (χ3v) is 3.55. The van der Waals surface area contributed by atoms with Gasteiger partial charge in [-0.05, 0) is 37.6 Å². The first kappa shape index (κ1) is 25.9. The third-order valence-electron chi connectivity index (χ3n) is 3.30. The Morgan fingerprint density at radius 1 is 1.07 bits per heavy atom. The van der Waals surface area contributed by atoms with E-state index in [2.05, 4.69) is 20.9 Å². The maximum atomic E-state index is 12.0. The minimum Gasteiger partial charge on any atom is -0.382 e. The van der Waals surface area contributed by atoms with Crippen LogP contribution in [0.15, 0.2) is 29.3 Å². The molecule has 154 valence electrons. The van der Waals surface area contributed by atoms with E-state index in [1.807, 2.05) is 6.92 Å². The Labute approximate surface area is 183 Å². The van der Waals surface area contributed by atoms with Crippen molar-refractivity contribution in [2.75, 3.05) is 53.1 Å². The largest absolute Gasteiger partial charge is 0.382 e. The van der Waals surface area contributed by atoms with Gasteiger partial charge in [-0.3, -0.25) is 9.79 Å². The van der Waals surface area contributed by atoms with Gasteiger partial charge in [-0.2, -0.15) is 0 Å². The summed E-state index contributed by atoms with van der Waals surface area (Å²) in [5.74, 6) is 0.601. The van der Waals surface area contributed by atoms with Crippen LogP contribution in [-0.2, 0) is 9.47 Å². The van der Waals surface area contributed by atoms with Gasteiger partial charge in [-0.15, -0.1) is 24.0 Å². The summed E-state index contributed by atoms with van der Waals surface area (Å²) in [6.07, 6.45) is 0.841. The number of halogens is 2. The molecule has 0 saturated carbocycles. The van der Waals surface area contributed by atoms with E-state index in [1.165, 1.54) is 0 Å². The van der Waals surface area contributed by atoms with Gasteiger partial charge in [0.2, 0.25) is 0 Å². The van der Waals surface area contributed by atoms with E-state index in [-0.39, 0.29) is 29.9 Å². The number of methoxy groups -OCH3 is 1. The zero-order chi connectivity index (χ0) is 19.0. The van der Waals surface area contributed by atoms with Crippen LogP contribution in [0.1, 0.15) is 23.7 Å². The van der Waals surface area contributed by atoms with Crippen molar-refractivity contribution >= 4 is 47.4 Å². The number of benzene rings is 1. The molecule has 3 N–H and O–H groups in total. The van der Waals surface area contributed by atoms with Crippen molar-refractivity contribution in [3.05, 3.63) is 34.9 Å². The Morgan fingerprint density at radius 2 is 1.78 bits per heavy atom. The van der Waals surface area contributed by atoms with E-state index in [0.29, 0.717) is 50.0 Å². The average molecular weight is 513 g/mol.